The third-order valence-electron chi connectivity index (χ3n) is 4.41. The molecule has 0 bridgehead atoms. The number of hydrogen-bond donors (Lipinski definition) is 4. The van der Waals surface area contributed by atoms with Crippen molar-refractivity contribution in [2.75, 3.05) is 5.32 Å². The Morgan fingerprint density at radius 2 is 1.53 bits per heavy atom. The van der Waals surface area contributed by atoms with Gasteiger partial charge in [-0.2, -0.15) is 16.8 Å². The van der Waals surface area contributed by atoms with E-state index in [1.54, 1.807) is 6.92 Å². The Bertz CT molecular complexity index is 1510. The molecule has 0 fully saturated rings. The monoisotopic (exact) mass is 482 g/mol. The first kappa shape index (κ1) is 23.1. The van der Waals surface area contributed by atoms with Crippen LogP contribution in [0.15, 0.2) is 52.3 Å². The molecule has 12 nitrogen and oxygen atoms in total. The molecule has 3 aromatic rings. The molecule has 0 aliphatic heterocycles. The van der Waals surface area contributed by atoms with Crippen LogP contribution in [-0.2, 0) is 20.2 Å². The van der Waals surface area contributed by atoms with Gasteiger partial charge in [-0.05, 0) is 42.1 Å². The van der Waals surface area contributed by atoms with Gasteiger partial charge in [0.1, 0.15) is 11.3 Å². The van der Waals surface area contributed by atoms with Crippen LogP contribution >= 0.6 is 0 Å². The van der Waals surface area contributed by atoms with Crippen LogP contribution in [0.3, 0.4) is 0 Å². The highest BCUT2D eigenvalue weighted by atomic mass is 32.2. The van der Waals surface area contributed by atoms with Crippen LogP contribution in [0.1, 0.15) is 15.9 Å². The summed E-state index contributed by atoms with van der Waals surface area (Å²) in [6.45, 7) is 1.57. The third-order valence-corrected chi connectivity index (χ3v) is 6.08. The molecule has 0 aliphatic rings. The van der Waals surface area contributed by atoms with Gasteiger partial charge in [0.15, 0.2) is 0 Å². The first-order valence-electron chi connectivity index (χ1n) is 8.50. The van der Waals surface area contributed by atoms with Crippen LogP contribution in [0.2, 0.25) is 0 Å². The second-order valence-electron chi connectivity index (χ2n) is 6.69. The molecule has 0 saturated carbocycles. The number of nitro benzene ring substituents is 1. The molecule has 0 aromatic heterocycles. The van der Waals surface area contributed by atoms with Crippen molar-refractivity contribution in [3.05, 3.63) is 63.7 Å². The van der Waals surface area contributed by atoms with Crippen molar-refractivity contribution in [3.8, 4) is 5.75 Å². The zero-order chi connectivity index (χ0) is 24.0. The second-order valence-corrected chi connectivity index (χ2v) is 9.54. The molecule has 0 aliphatic carbocycles. The fourth-order valence-corrected chi connectivity index (χ4v) is 4.09. The van der Waals surface area contributed by atoms with Crippen molar-refractivity contribution in [2.24, 2.45) is 0 Å². The molecule has 168 valence electrons. The van der Waals surface area contributed by atoms with Gasteiger partial charge >= 0.3 is 0 Å². The zero-order valence-corrected chi connectivity index (χ0v) is 17.6. The first-order chi connectivity index (χ1) is 14.7. The maximum Gasteiger partial charge on any atom is 0.294 e. The summed E-state index contributed by atoms with van der Waals surface area (Å²) in [7, 11) is -9.66. The Balaban J connectivity index is 2.26. The molecule has 3 aromatic carbocycles. The highest BCUT2D eigenvalue weighted by molar-refractivity contribution is 7.86. The number of benzene rings is 3. The van der Waals surface area contributed by atoms with Crippen LogP contribution < -0.4 is 5.32 Å². The van der Waals surface area contributed by atoms with Gasteiger partial charge in [0.25, 0.3) is 31.8 Å². The average Bonchev–Trinajstić information content (AvgIpc) is 2.65. The smallest absolute Gasteiger partial charge is 0.294 e. The SMILES string of the molecule is Cc1ccc(C(=O)Nc2cc(S(=O)(=O)O)cc3cc(S(=O)(=O)O)cc(O)c23)c([N+](=O)[O-])c1. The number of carbonyl (C=O) groups is 1. The van der Waals surface area contributed by atoms with Crippen LogP contribution in [0.5, 0.6) is 5.75 Å². The molecule has 0 unspecified atom stereocenters. The molecule has 14 heteroatoms. The van der Waals surface area contributed by atoms with Crippen LogP contribution in [0.4, 0.5) is 11.4 Å². The number of rotatable bonds is 5. The van der Waals surface area contributed by atoms with Crippen molar-refractivity contribution in [1.29, 1.82) is 0 Å². The summed E-state index contributed by atoms with van der Waals surface area (Å²) in [4.78, 5) is 21.7. The van der Waals surface area contributed by atoms with E-state index >= 15 is 0 Å². The Hall–Kier alpha value is -3.59. The number of phenolic OH excluding ortho intramolecular Hbond substituents is 1. The molecule has 0 saturated heterocycles. The number of nitrogens with zero attached hydrogens (tertiary/aromatic N) is 1. The lowest BCUT2D eigenvalue weighted by atomic mass is 10.1. The summed E-state index contributed by atoms with van der Waals surface area (Å²) in [6.07, 6.45) is 0. The van der Waals surface area contributed by atoms with Crippen molar-refractivity contribution >= 4 is 48.3 Å². The van der Waals surface area contributed by atoms with Gasteiger partial charge < -0.3 is 10.4 Å². The van der Waals surface area contributed by atoms with E-state index < -0.39 is 58.0 Å². The standard InChI is InChI=1S/C18H14N2O10S2/c1-9-2-3-13(15(4-9)20(23)24)18(22)19-14-7-11(31(25,26)27)5-10-6-12(32(28,29)30)8-16(21)17(10)14/h2-8,21H,1H3,(H,19,22)(H,25,26,27)(H,28,29,30). The maximum atomic E-state index is 12.7. The average molecular weight is 482 g/mol. The number of carbonyl (C=O) groups excluding carboxylic acids is 1. The van der Waals surface area contributed by atoms with E-state index in [9.17, 15) is 46.0 Å². The van der Waals surface area contributed by atoms with Gasteiger partial charge in [-0.3, -0.25) is 24.0 Å². The third kappa shape index (κ3) is 4.52. The molecule has 0 atom stereocenters. The molecule has 1 amide bonds. The largest absolute Gasteiger partial charge is 0.507 e. The van der Waals surface area contributed by atoms with E-state index in [1.165, 1.54) is 12.1 Å². The number of nitrogens with one attached hydrogen (secondary N) is 1. The number of hydrogen-bond acceptors (Lipinski definition) is 8. The summed E-state index contributed by atoms with van der Waals surface area (Å²) >= 11 is 0. The molecule has 4 N–H and O–H groups in total. The van der Waals surface area contributed by atoms with Crippen molar-refractivity contribution in [1.82, 2.24) is 0 Å². The van der Waals surface area contributed by atoms with Crippen LogP contribution in [0.25, 0.3) is 10.8 Å². The quantitative estimate of drug-likeness (QED) is 0.238. The molecule has 0 heterocycles. The van der Waals surface area contributed by atoms with E-state index in [0.29, 0.717) is 11.6 Å². The lowest BCUT2D eigenvalue weighted by molar-refractivity contribution is -0.385. The highest BCUT2D eigenvalue weighted by Crippen LogP contribution is 2.37. The number of amides is 1. The van der Waals surface area contributed by atoms with Gasteiger partial charge in [-0.25, -0.2) is 0 Å². The van der Waals surface area contributed by atoms with Crippen molar-refractivity contribution in [3.63, 3.8) is 0 Å². The highest BCUT2D eigenvalue weighted by Gasteiger charge is 2.24. The molecular formula is C18H14N2O10S2. The normalized spacial score (nSPS) is 12.0. The van der Waals surface area contributed by atoms with Gasteiger partial charge in [0, 0.05) is 17.5 Å². The van der Waals surface area contributed by atoms with Crippen molar-refractivity contribution < 1.29 is 40.8 Å². The van der Waals surface area contributed by atoms with E-state index in [2.05, 4.69) is 5.32 Å². The van der Waals surface area contributed by atoms with Crippen LogP contribution in [0, 0.1) is 17.0 Å². The predicted molar refractivity (Wildman–Crippen MR) is 111 cm³/mol. The molecule has 0 radical (unpaired) electrons. The lowest BCUT2D eigenvalue weighted by Crippen LogP contribution is -2.15. The Morgan fingerprint density at radius 1 is 0.969 bits per heavy atom. The Labute approximate surface area is 180 Å². The number of phenols is 1. The maximum absolute atomic E-state index is 12.7. The summed E-state index contributed by atoms with van der Waals surface area (Å²) in [6, 6.07) is 6.82. The van der Waals surface area contributed by atoms with Gasteiger partial charge in [0.2, 0.25) is 0 Å². The Kier molecular flexibility index (Phi) is 5.65. The molecule has 0 spiro atoms. The van der Waals surface area contributed by atoms with Crippen molar-refractivity contribution in [2.45, 2.75) is 16.7 Å². The van der Waals surface area contributed by atoms with Gasteiger partial charge in [0.05, 0.1) is 20.4 Å². The summed E-state index contributed by atoms with van der Waals surface area (Å²) in [5, 5.41) is 23.3. The Morgan fingerprint density at radius 3 is 2.06 bits per heavy atom. The fourth-order valence-electron chi connectivity index (χ4n) is 3.01. The van der Waals surface area contributed by atoms with E-state index in [-0.39, 0.29) is 16.3 Å². The molecule has 32 heavy (non-hydrogen) atoms. The number of aryl methyl sites for hydroxylation is 1. The summed E-state index contributed by atoms with van der Waals surface area (Å²) in [5.74, 6) is -1.80. The minimum Gasteiger partial charge on any atom is -0.507 e. The summed E-state index contributed by atoms with van der Waals surface area (Å²) in [5.41, 5.74) is -0.799. The molecular weight excluding hydrogens is 468 g/mol. The second kappa shape index (κ2) is 7.83. The predicted octanol–water partition coefficient (Wildman–Crippen LogP) is 2.51. The minimum atomic E-state index is -4.86. The minimum absolute atomic E-state index is 0.243. The van der Waals surface area contributed by atoms with Crippen LogP contribution in [-0.4, -0.2) is 41.9 Å². The first-order valence-corrected chi connectivity index (χ1v) is 11.4. The number of aromatic hydroxyl groups is 1. The van der Waals surface area contributed by atoms with E-state index in [4.69, 9.17) is 0 Å². The lowest BCUT2D eigenvalue weighted by Gasteiger charge is -2.13. The zero-order valence-electron chi connectivity index (χ0n) is 16.0. The molecule has 3 rings (SSSR count). The summed E-state index contributed by atoms with van der Waals surface area (Å²) < 4.78 is 64.8. The number of anilines is 1. The van der Waals surface area contributed by atoms with E-state index in [1.807, 2.05) is 0 Å². The number of fused-ring (bicyclic) bond motifs is 1. The number of nitro groups is 1. The van der Waals surface area contributed by atoms with E-state index in [0.717, 1.165) is 24.3 Å². The van der Waals surface area contributed by atoms with Gasteiger partial charge in [-0.15, -0.1) is 0 Å². The fraction of sp³-hybridized carbons (Fsp3) is 0.0556. The van der Waals surface area contributed by atoms with Gasteiger partial charge in [-0.1, -0.05) is 6.07 Å². The topological polar surface area (TPSA) is 201 Å².